The number of methoxy groups -OCH3 is 1. The molecule has 3 rings (SSSR count). The fourth-order valence-electron chi connectivity index (χ4n) is 3.50. The van der Waals surface area contributed by atoms with E-state index in [4.69, 9.17) is 4.74 Å². The molecule has 6 nitrogen and oxygen atoms in total. The van der Waals surface area contributed by atoms with Crippen LogP contribution in [-0.4, -0.2) is 38.2 Å². The maximum absolute atomic E-state index is 13.4. The lowest BCUT2D eigenvalue weighted by molar-refractivity contribution is -0.111. The number of imide groups is 1. The van der Waals surface area contributed by atoms with Crippen LogP contribution in [0.2, 0.25) is 0 Å². The number of hydrogen-bond donors (Lipinski definition) is 0. The van der Waals surface area contributed by atoms with Gasteiger partial charge >= 0.3 is 0 Å². The molecule has 0 saturated heterocycles. The van der Waals surface area contributed by atoms with E-state index < -0.39 is 11.8 Å². The van der Waals surface area contributed by atoms with Gasteiger partial charge in [-0.05, 0) is 80.9 Å². The summed E-state index contributed by atoms with van der Waals surface area (Å²) in [7, 11) is 1.56. The number of carbonyl (C=O) groups excluding carboxylic acids is 2. The van der Waals surface area contributed by atoms with E-state index in [-0.39, 0.29) is 0 Å². The number of rotatable bonds is 8. The smallest absolute Gasteiger partial charge is 0.276 e. The highest BCUT2D eigenvalue weighted by atomic mass is 16.5. The van der Waals surface area contributed by atoms with Crippen LogP contribution in [0.25, 0.3) is 0 Å². The summed E-state index contributed by atoms with van der Waals surface area (Å²) in [6.07, 6.45) is 1.20. The predicted octanol–water partition coefficient (Wildman–Crippen LogP) is 5.43. The highest BCUT2D eigenvalue weighted by molar-refractivity contribution is 6.41. The molecule has 0 unspecified atom stereocenters. The number of aliphatic imine (C=N–C) groups is 1. The Kier molecular flexibility index (Phi) is 7.97. The molecule has 33 heavy (non-hydrogen) atoms. The van der Waals surface area contributed by atoms with E-state index in [1.165, 1.54) is 6.21 Å². The topological polar surface area (TPSA) is 62.2 Å². The van der Waals surface area contributed by atoms with E-state index in [2.05, 4.69) is 23.7 Å². The third-order valence-electron chi connectivity index (χ3n) is 5.43. The number of amides is 2. The summed E-state index contributed by atoms with van der Waals surface area (Å²) < 4.78 is 5.18. The van der Waals surface area contributed by atoms with Crippen LogP contribution in [0.1, 0.15) is 29.8 Å². The van der Waals surface area contributed by atoms with E-state index >= 15 is 0 Å². The Balaban J connectivity index is 1.97. The van der Waals surface area contributed by atoms with Gasteiger partial charge < -0.3 is 9.64 Å². The average molecular weight is 444 g/mol. The number of ether oxygens (including phenoxy) is 1. The van der Waals surface area contributed by atoms with Crippen molar-refractivity contribution in [3.8, 4) is 5.75 Å². The van der Waals surface area contributed by atoms with Crippen LogP contribution in [0.15, 0.2) is 77.8 Å². The van der Waals surface area contributed by atoms with Crippen LogP contribution in [0.5, 0.6) is 5.75 Å². The summed E-state index contributed by atoms with van der Waals surface area (Å²) in [6, 6.07) is 21.6. The minimum absolute atomic E-state index is 0.376. The van der Waals surface area contributed by atoms with Gasteiger partial charge in [-0.2, -0.15) is 0 Å². The van der Waals surface area contributed by atoms with Crippen molar-refractivity contribution < 1.29 is 14.3 Å². The molecule has 6 heteroatoms. The lowest BCUT2D eigenvalue weighted by Crippen LogP contribution is -2.37. The number of benzene rings is 3. The fourth-order valence-corrected chi connectivity index (χ4v) is 3.50. The number of para-hydroxylation sites is 1. The van der Waals surface area contributed by atoms with Gasteiger partial charge in [0, 0.05) is 24.3 Å². The molecule has 0 aromatic heterocycles. The van der Waals surface area contributed by atoms with Gasteiger partial charge in [0.25, 0.3) is 11.8 Å². The zero-order valence-corrected chi connectivity index (χ0v) is 19.5. The van der Waals surface area contributed by atoms with E-state index in [1.54, 1.807) is 43.5 Å². The molecular formula is C27H29N3O3. The van der Waals surface area contributed by atoms with Crippen molar-refractivity contribution in [3.63, 3.8) is 0 Å². The van der Waals surface area contributed by atoms with Crippen molar-refractivity contribution in [2.24, 2.45) is 4.99 Å². The molecule has 0 heterocycles. The normalized spacial score (nSPS) is 10.8. The average Bonchev–Trinajstić information content (AvgIpc) is 2.85. The highest BCUT2D eigenvalue weighted by Crippen LogP contribution is 2.24. The molecule has 0 atom stereocenters. The van der Waals surface area contributed by atoms with Crippen LogP contribution < -0.4 is 14.5 Å². The first-order chi connectivity index (χ1) is 16.0. The fraction of sp³-hybridized carbons (Fsp3) is 0.222. The Morgan fingerprint density at radius 1 is 0.879 bits per heavy atom. The first-order valence-corrected chi connectivity index (χ1v) is 11.0. The largest absolute Gasteiger partial charge is 0.497 e. The Morgan fingerprint density at radius 2 is 1.48 bits per heavy atom. The van der Waals surface area contributed by atoms with Crippen molar-refractivity contribution in [2.45, 2.75) is 20.8 Å². The second-order valence-corrected chi connectivity index (χ2v) is 7.44. The maximum atomic E-state index is 13.4. The Hall–Kier alpha value is -3.93. The first kappa shape index (κ1) is 23.7. The molecule has 0 radical (unpaired) electrons. The molecule has 0 bridgehead atoms. The van der Waals surface area contributed by atoms with E-state index in [9.17, 15) is 9.59 Å². The van der Waals surface area contributed by atoms with E-state index in [1.807, 2.05) is 43.3 Å². The molecule has 3 aromatic carbocycles. The Labute approximate surface area is 195 Å². The minimum Gasteiger partial charge on any atom is -0.497 e. The molecule has 0 fully saturated rings. The summed E-state index contributed by atoms with van der Waals surface area (Å²) in [5.74, 6) is -0.321. The quantitative estimate of drug-likeness (QED) is 0.436. The van der Waals surface area contributed by atoms with Gasteiger partial charge in [0.1, 0.15) is 5.75 Å². The van der Waals surface area contributed by atoms with Gasteiger partial charge in [0.2, 0.25) is 0 Å². The molecule has 0 aliphatic carbocycles. The molecule has 0 N–H and O–H groups in total. The molecule has 3 aromatic rings. The molecule has 2 amide bonds. The van der Waals surface area contributed by atoms with Crippen molar-refractivity contribution >= 4 is 35.1 Å². The van der Waals surface area contributed by atoms with Crippen LogP contribution in [0.4, 0.5) is 17.1 Å². The number of nitrogens with zero attached hydrogens (tertiary/aromatic N) is 3. The zero-order chi connectivity index (χ0) is 23.8. The molecule has 170 valence electrons. The van der Waals surface area contributed by atoms with Gasteiger partial charge in [-0.3, -0.25) is 14.6 Å². The van der Waals surface area contributed by atoms with Crippen LogP contribution in [-0.2, 0) is 4.79 Å². The molecule has 0 aliphatic rings. The van der Waals surface area contributed by atoms with Gasteiger partial charge in [0.15, 0.2) is 0 Å². The van der Waals surface area contributed by atoms with Gasteiger partial charge in [-0.25, -0.2) is 4.90 Å². The summed E-state index contributed by atoms with van der Waals surface area (Å²) in [5.41, 5.74) is 3.51. The summed E-state index contributed by atoms with van der Waals surface area (Å²) >= 11 is 0. The molecule has 0 saturated carbocycles. The first-order valence-electron chi connectivity index (χ1n) is 11.0. The lowest BCUT2D eigenvalue weighted by atomic mass is 10.1. The Bertz CT molecular complexity index is 1120. The van der Waals surface area contributed by atoms with Crippen molar-refractivity contribution in [1.82, 2.24) is 0 Å². The summed E-state index contributed by atoms with van der Waals surface area (Å²) in [6.45, 7) is 7.83. The number of hydrogen-bond acceptors (Lipinski definition) is 5. The summed E-state index contributed by atoms with van der Waals surface area (Å²) in [5, 5.41) is 0. The van der Waals surface area contributed by atoms with Crippen LogP contribution >= 0.6 is 0 Å². The monoisotopic (exact) mass is 443 g/mol. The van der Waals surface area contributed by atoms with Crippen molar-refractivity contribution in [2.75, 3.05) is 30.0 Å². The predicted molar refractivity (Wildman–Crippen MR) is 134 cm³/mol. The third-order valence-corrected chi connectivity index (χ3v) is 5.43. The highest BCUT2D eigenvalue weighted by Gasteiger charge is 2.24. The van der Waals surface area contributed by atoms with Crippen LogP contribution in [0.3, 0.4) is 0 Å². The SMILES string of the molecule is CCN(CC)c1ccc(N(C(=O)C=Nc2ccccc2C)C(=O)c2ccc(OC)cc2)cc1. The Morgan fingerprint density at radius 3 is 2.06 bits per heavy atom. The maximum Gasteiger partial charge on any atom is 0.276 e. The summed E-state index contributed by atoms with van der Waals surface area (Å²) in [4.78, 5) is 34.3. The third kappa shape index (κ3) is 5.66. The number of aryl methyl sites for hydroxylation is 1. The number of anilines is 2. The minimum atomic E-state index is -0.519. The molecule has 0 spiro atoms. The molecule has 0 aliphatic heterocycles. The van der Waals surface area contributed by atoms with E-state index in [0.29, 0.717) is 22.7 Å². The molecular weight excluding hydrogens is 414 g/mol. The van der Waals surface area contributed by atoms with Crippen molar-refractivity contribution in [1.29, 1.82) is 0 Å². The second-order valence-electron chi connectivity index (χ2n) is 7.44. The standard InChI is InChI=1S/C27H29N3O3/c1-5-29(6-2)22-13-15-23(16-14-22)30(27(32)21-11-17-24(33-4)18-12-21)26(31)19-28-25-10-8-7-9-20(25)3/h7-19H,5-6H2,1-4H3. The second kappa shape index (κ2) is 11.1. The zero-order valence-electron chi connectivity index (χ0n) is 19.5. The van der Waals surface area contributed by atoms with Gasteiger partial charge in [0.05, 0.1) is 24.7 Å². The van der Waals surface area contributed by atoms with Gasteiger partial charge in [-0.1, -0.05) is 18.2 Å². The van der Waals surface area contributed by atoms with Crippen molar-refractivity contribution in [3.05, 3.63) is 83.9 Å². The van der Waals surface area contributed by atoms with Gasteiger partial charge in [-0.15, -0.1) is 0 Å². The van der Waals surface area contributed by atoms with E-state index in [0.717, 1.165) is 29.2 Å². The lowest BCUT2D eigenvalue weighted by Gasteiger charge is -2.23. The van der Waals surface area contributed by atoms with Crippen LogP contribution in [0, 0.1) is 6.92 Å². The number of carbonyl (C=O) groups is 2.